The van der Waals surface area contributed by atoms with E-state index in [1.807, 2.05) is 71.7 Å². The molecule has 4 aromatic rings. The molecule has 7 nitrogen and oxygen atoms in total. The minimum Gasteiger partial charge on any atom is -0.342 e. The molecular formula is C22H23N5O2S. The van der Waals surface area contributed by atoms with Gasteiger partial charge in [0.2, 0.25) is 11.7 Å². The van der Waals surface area contributed by atoms with Crippen LogP contribution in [-0.2, 0) is 11.8 Å². The van der Waals surface area contributed by atoms with E-state index in [1.54, 1.807) is 13.1 Å². The number of thioether (sulfide) groups is 1. The molecule has 154 valence electrons. The van der Waals surface area contributed by atoms with Crippen LogP contribution >= 0.6 is 11.8 Å². The van der Waals surface area contributed by atoms with Gasteiger partial charge in [0.05, 0.1) is 10.9 Å². The van der Waals surface area contributed by atoms with Crippen LogP contribution in [0.1, 0.15) is 24.7 Å². The van der Waals surface area contributed by atoms with Crippen LogP contribution in [0.15, 0.2) is 64.5 Å². The van der Waals surface area contributed by atoms with Gasteiger partial charge in [-0.05, 0) is 31.5 Å². The number of hydrogen-bond acceptors (Lipinski definition) is 5. The fraction of sp³-hybridized carbons (Fsp3) is 0.273. The number of para-hydroxylation sites is 1. The standard InChI is InChI=1S/C22H23N5O2S/c1-4-26(5-2)20(29)18(15-11-7-6-8-12-15)30-22-24-23-21-25(3)19(28)16-13-9-10-14-17(16)27(21)22/h6-14,18H,4-5H2,1-3H3. The summed E-state index contributed by atoms with van der Waals surface area (Å²) in [5.74, 6) is 0.477. The second kappa shape index (κ2) is 8.31. The van der Waals surface area contributed by atoms with Crippen molar-refractivity contribution < 1.29 is 4.79 Å². The van der Waals surface area contributed by atoms with E-state index in [0.717, 1.165) is 11.1 Å². The predicted octanol–water partition coefficient (Wildman–Crippen LogP) is 3.28. The number of amides is 1. The van der Waals surface area contributed by atoms with Crippen LogP contribution in [0.3, 0.4) is 0 Å². The zero-order valence-corrected chi connectivity index (χ0v) is 18.0. The molecule has 0 aliphatic heterocycles. The number of rotatable bonds is 6. The fourth-order valence-corrected chi connectivity index (χ4v) is 4.71. The molecule has 0 fully saturated rings. The Hall–Kier alpha value is -3.13. The second-order valence-electron chi connectivity index (χ2n) is 6.92. The van der Waals surface area contributed by atoms with Gasteiger partial charge >= 0.3 is 0 Å². The van der Waals surface area contributed by atoms with E-state index in [0.29, 0.717) is 29.4 Å². The number of benzene rings is 2. The SMILES string of the molecule is CCN(CC)C(=O)C(Sc1nnc2n(C)c(=O)c3ccccc3n12)c1ccccc1. The molecule has 1 amide bonds. The molecular weight excluding hydrogens is 398 g/mol. The van der Waals surface area contributed by atoms with Crippen LogP contribution in [0.5, 0.6) is 0 Å². The van der Waals surface area contributed by atoms with E-state index in [-0.39, 0.29) is 11.5 Å². The summed E-state index contributed by atoms with van der Waals surface area (Å²) in [6, 6.07) is 17.1. The van der Waals surface area contributed by atoms with Crippen molar-refractivity contribution in [3.8, 4) is 0 Å². The van der Waals surface area contributed by atoms with Gasteiger partial charge in [0.25, 0.3) is 5.56 Å². The van der Waals surface area contributed by atoms with Crippen LogP contribution in [0.25, 0.3) is 16.7 Å². The van der Waals surface area contributed by atoms with E-state index >= 15 is 0 Å². The summed E-state index contributed by atoms with van der Waals surface area (Å²) < 4.78 is 3.34. The summed E-state index contributed by atoms with van der Waals surface area (Å²) in [6.07, 6.45) is 0. The number of hydrogen-bond donors (Lipinski definition) is 0. The maximum atomic E-state index is 13.3. The Morgan fingerprint density at radius 2 is 1.70 bits per heavy atom. The van der Waals surface area contributed by atoms with Gasteiger partial charge in [-0.1, -0.05) is 54.2 Å². The summed E-state index contributed by atoms with van der Waals surface area (Å²) in [7, 11) is 1.68. The van der Waals surface area contributed by atoms with Crippen molar-refractivity contribution in [3.05, 3.63) is 70.5 Å². The Morgan fingerprint density at radius 1 is 1.03 bits per heavy atom. The van der Waals surface area contributed by atoms with Crippen molar-refractivity contribution in [3.63, 3.8) is 0 Å². The molecule has 30 heavy (non-hydrogen) atoms. The Morgan fingerprint density at radius 3 is 2.40 bits per heavy atom. The molecule has 0 saturated heterocycles. The van der Waals surface area contributed by atoms with Gasteiger partial charge in [0, 0.05) is 20.1 Å². The summed E-state index contributed by atoms with van der Waals surface area (Å²) in [5, 5.41) is 9.30. The third-order valence-electron chi connectivity index (χ3n) is 5.22. The quantitative estimate of drug-likeness (QED) is 0.447. The molecule has 0 saturated carbocycles. The van der Waals surface area contributed by atoms with Gasteiger partial charge in [0.1, 0.15) is 5.25 Å². The summed E-state index contributed by atoms with van der Waals surface area (Å²) in [6.45, 7) is 5.22. The maximum absolute atomic E-state index is 13.3. The number of aryl methyl sites for hydroxylation is 1. The minimum atomic E-state index is -0.463. The number of fused-ring (bicyclic) bond motifs is 3. The van der Waals surface area contributed by atoms with Crippen molar-refractivity contribution in [2.45, 2.75) is 24.3 Å². The molecule has 2 aromatic carbocycles. The third kappa shape index (κ3) is 3.37. The zero-order valence-electron chi connectivity index (χ0n) is 17.1. The van der Waals surface area contributed by atoms with Crippen LogP contribution in [0, 0.1) is 0 Å². The molecule has 2 heterocycles. The van der Waals surface area contributed by atoms with E-state index in [2.05, 4.69) is 10.2 Å². The maximum Gasteiger partial charge on any atom is 0.262 e. The molecule has 2 aromatic heterocycles. The lowest BCUT2D eigenvalue weighted by atomic mass is 10.1. The van der Waals surface area contributed by atoms with E-state index in [4.69, 9.17) is 0 Å². The lowest BCUT2D eigenvalue weighted by Gasteiger charge is -2.24. The van der Waals surface area contributed by atoms with Crippen molar-refractivity contribution in [2.24, 2.45) is 7.05 Å². The molecule has 4 rings (SSSR count). The summed E-state index contributed by atoms with van der Waals surface area (Å²) in [4.78, 5) is 27.9. The summed E-state index contributed by atoms with van der Waals surface area (Å²) in [5.41, 5.74) is 1.51. The van der Waals surface area contributed by atoms with E-state index in [9.17, 15) is 9.59 Å². The second-order valence-corrected chi connectivity index (χ2v) is 7.99. The largest absolute Gasteiger partial charge is 0.342 e. The highest BCUT2D eigenvalue weighted by molar-refractivity contribution is 8.00. The topological polar surface area (TPSA) is 72.5 Å². The number of carbonyl (C=O) groups excluding carboxylic acids is 1. The highest BCUT2D eigenvalue weighted by atomic mass is 32.2. The number of carbonyl (C=O) groups is 1. The molecule has 0 aliphatic rings. The van der Waals surface area contributed by atoms with Gasteiger partial charge in [-0.3, -0.25) is 18.6 Å². The van der Waals surface area contributed by atoms with Crippen molar-refractivity contribution >= 4 is 34.3 Å². The smallest absolute Gasteiger partial charge is 0.262 e. The Balaban J connectivity index is 1.88. The van der Waals surface area contributed by atoms with Gasteiger partial charge in [0.15, 0.2) is 5.16 Å². The van der Waals surface area contributed by atoms with Gasteiger partial charge in [-0.2, -0.15) is 0 Å². The van der Waals surface area contributed by atoms with E-state index < -0.39 is 5.25 Å². The van der Waals surface area contributed by atoms with Crippen LogP contribution < -0.4 is 5.56 Å². The highest BCUT2D eigenvalue weighted by Gasteiger charge is 2.28. The predicted molar refractivity (Wildman–Crippen MR) is 119 cm³/mol. The monoisotopic (exact) mass is 421 g/mol. The van der Waals surface area contributed by atoms with Crippen molar-refractivity contribution in [2.75, 3.05) is 13.1 Å². The average Bonchev–Trinajstić information content (AvgIpc) is 3.21. The number of nitrogens with zero attached hydrogens (tertiary/aromatic N) is 5. The lowest BCUT2D eigenvalue weighted by Crippen LogP contribution is -2.34. The Bertz CT molecular complexity index is 1260. The third-order valence-corrected chi connectivity index (χ3v) is 6.41. The molecule has 0 radical (unpaired) electrons. The Labute approximate surface area is 178 Å². The molecule has 0 aliphatic carbocycles. The molecule has 0 bridgehead atoms. The summed E-state index contributed by atoms with van der Waals surface area (Å²) >= 11 is 1.36. The van der Waals surface area contributed by atoms with Crippen molar-refractivity contribution in [1.29, 1.82) is 0 Å². The first-order valence-corrected chi connectivity index (χ1v) is 10.8. The zero-order chi connectivity index (χ0) is 21.3. The number of likely N-dealkylation sites (N-methyl/N-ethyl adjacent to an activating group) is 1. The minimum absolute atomic E-state index is 0.0297. The molecule has 1 atom stereocenters. The highest BCUT2D eigenvalue weighted by Crippen LogP contribution is 2.36. The van der Waals surface area contributed by atoms with Crippen LogP contribution in [0.4, 0.5) is 0 Å². The number of aromatic nitrogens is 4. The lowest BCUT2D eigenvalue weighted by molar-refractivity contribution is -0.130. The van der Waals surface area contributed by atoms with E-state index in [1.165, 1.54) is 16.3 Å². The first-order valence-electron chi connectivity index (χ1n) is 9.90. The normalized spacial score (nSPS) is 12.4. The first-order chi connectivity index (χ1) is 14.6. The molecule has 0 spiro atoms. The molecule has 1 unspecified atom stereocenters. The molecule has 8 heteroatoms. The fourth-order valence-electron chi connectivity index (χ4n) is 3.58. The molecule has 0 N–H and O–H groups in total. The van der Waals surface area contributed by atoms with Gasteiger partial charge in [-0.25, -0.2) is 0 Å². The van der Waals surface area contributed by atoms with Crippen LogP contribution in [0.2, 0.25) is 0 Å². The average molecular weight is 422 g/mol. The first kappa shape index (κ1) is 20.2. The van der Waals surface area contributed by atoms with Crippen LogP contribution in [-0.4, -0.2) is 43.1 Å². The van der Waals surface area contributed by atoms with Gasteiger partial charge < -0.3 is 4.90 Å². The van der Waals surface area contributed by atoms with Gasteiger partial charge in [-0.15, -0.1) is 10.2 Å². The van der Waals surface area contributed by atoms with Crippen molar-refractivity contribution in [1.82, 2.24) is 24.1 Å². The Kier molecular flexibility index (Phi) is 5.59.